The number of imidazole rings is 1. The number of aromatic nitrogens is 2. The van der Waals surface area contributed by atoms with Gasteiger partial charge in [-0.3, -0.25) is 0 Å². The number of fused-ring (bicyclic) bond motifs is 1. The molecule has 0 amide bonds. The van der Waals surface area contributed by atoms with Gasteiger partial charge in [-0.05, 0) is 38.9 Å². The van der Waals surface area contributed by atoms with E-state index in [1.54, 1.807) is 6.07 Å². The summed E-state index contributed by atoms with van der Waals surface area (Å²) in [5, 5.41) is 0. The molecular weight excluding hydrogens is 243 g/mol. The summed E-state index contributed by atoms with van der Waals surface area (Å²) in [7, 11) is 2.13. The molecule has 2 heterocycles. The minimum Gasteiger partial charge on any atom is -0.369 e. The predicted molar refractivity (Wildman–Crippen MR) is 74.5 cm³/mol. The topological polar surface area (TPSA) is 47.1 Å². The SMILES string of the molecule is CC1CC(n2c(N)nc3c(F)cccc32)CCN1C. The van der Waals surface area contributed by atoms with Gasteiger partial charge < -0.3 is 15.2 Å². The maximum atomic E-state index is 13.7. The molecular formula is C14H19FN4. The van der Waals surface area contributed by atoms with Gasteiger partial charge in [-0.25, -0.2) is 9.37 Å². The van der Waals surface area contributed by atoms with E-state index in [1.807, 2.05) is 10.6 Å². The summed E-state index contributed by atoms with van der Waals surface area (Å²) in [6, 6.07) is 5.84. The van der Waals surface area contributed by atoms with E-state index < -0.39 is 0 Å². The van der Waals surface area contributed by atoms with Crippen LogP contribution in [-0.2, 0) is 0 Å². The number of halogens is 1. The molecule has 2 N–H and O–H groups in total. The standard InChI is InChI=1S/C14H19FN4/c1-9-8-10(6-7-18(9)2)19-12-5-3-4-11(15)13(12)17-14(19)16/h3-5,9-10H,6-8H2,1-2H3,(H2,16,17). The van der Waals surface area contributed by atoms with Crippen molar-refractivity contribution in [3.05, 3.63) is 24.0 Å². The molecule has 0 saturated carbocycles. The van der Waals surface area contributed by atoms with Gasteiger partial charge in [0.05, 0.1) is 5.52 Å². The highest BCUT2D eigenvalue weighted by molar-refractivity contribution is 5.79. The molecule has 0 radical (unpaired) electrons. The highest BCUT2D eigenvalue weighted by Crippen LogP contribution is 2.32. The van der Waals surface area contributed by atoms with Gasteiger partial charge in [0.2, 0.25) is 5.95 Å². The number of hydrogen-bond donors (Lipinski definition) is 1. The lowest BCUT2D eigenvalue weighted by molar-refractivity contribution is 0.159. The zero-order valence-electron chi connectivity index (χ0n) is 11.3. The van der Waals surface area contributed by atoms with Crippen LogP contribution in [0.3, 0.4) is 0 Å². The van der Waals surface area contributed by atoms with Crippen LogP contribution in [0.1, 0.15) is 25.8 Å². The molecule has 0 aliphatic carbocycles. The molecule has 2 unspecified atom stereocenters. The van der Waals surface area contributed by atoms with Crippen molar-refractivity contribution >= 4 is 17.0 Å². The Morgan fingerprint density at radius 3 is 2.95 bits per heavy atom. The van der Waals surface area contributed by atoms with Crippen LogP contribution in [-0.4, -0.2) is 34.1 Å². The van der Waals surface area contributed by atoms with Gasteiger partial charge in [-0.2, -0.15) is 0 Å². The molecule has 19 heavy (non-hydrogen) atoms. The molecule has 2 atom stereocenters. The zero-order chi connectivity index (χ0) is 13.6. The number of anilines is 1. The van der Waals surface area contributed by atoms with Crippen LogP contribution >= 0.6 is 0 Å². The molecule has 1 aliphatic rings. The van der Waals surface area contributed by atoms with Gasteiger partial charge in [0, 0.05) is 18.6 Å². The first-order valence-corrected chi connectivity index (χ1v) is 6.70. The Balaban J connectivity index is 2.05. The van der Waals surface area contributed by atoms with E-state index in [0.717, 1.165) is 24.9 Å². The molecule has 1 saturated heterocycles. The van der Waals surface area contributed by atoms with Crippen LogP contribution in [0, 0.1) is 5.82 Å². The summed E-state index contributed by atoms with van der Waals surface area (Å²) in [5.41, 5.74) is 7.19. The maximum Gasteiger partial charge on any atom is 0.201 e. The van der Waals surface area contributed by atoms with Gasteiger partial charge in [-0.15, -0.1) is 0 Å². The number of nitrogen functional groups attached to an aromatic ring is 1. The highest BCUT2D eigenvalue weighted by atomic mass is 19.1. The van der Waals surface area contributed by atoms with E-state index in [4.69, 9.17) is 5.73 Å². The third kappa shape index (κ3) is 1.98. The van der Waals surface area contributed by atoms with E-state index in [1.165, 1.54) is 6.07 Å². The Kier molecular flexibility index (Phi) is 2.93. The molecule has 1 fully saturated rings. The van der Waals surface area contributed by atoms with Gasteiger partial charge in [0.25, 0.3) is 0 Å². The van der Waals surface area contributed by atoms with Crippen LogP contribution in [0.25, 0.3) is 11.0 Å². The largest absolute Gasteiger partial charge is 0.369 e. The lowest BCUT2D eigenvalue weighted by atomic mass is 9.98. The van der Waals surface area contributed by atoms with E-state index >= 15 is 0 Å². The summed E-state index contributed by atoms with van der Waals surface area (Å²) < 4.78 is 15.7. The molecule has 2 aromatic rings. The number of nitrogens with two attached hydrogens (primary N) is 1. The van der Waals surface area contributed by atoms with Crippen molar-refractivity contribution in [3.8, 4) is 0 Å². The van der Waals surface area contributed by atoms with E-state index in [2.05, 4.69) is 23.9 Å². The van der Waals surface area contributed by atoms with E-state index in [9.17, 15) is 4.39 Å². The molecule has 1 aliphatic heterocycles. The van der Waals surface area contributed by atoms with Crippen LogP contribution in [0.2, 0.25) is 0 Å². The van der Waals surface area contributed by atoms with Gasteiger partial charge in [-0.1, -0.05) is 6.07 Å². The molecule has 5 heteroatoms. The van der Waals surface area contributed by atoms with Crippen molar-refractivity contribution in [3.63, 3.8) is 0 Å². The van der Waals surface area contributed by atoms with Crippen molar-refractivity contribution in [1.82, 2.24) is 14.5 Å². The molecule has 0 spiro atoms. The zero-order valence-corrected chi connectivity index (χ0v) is 11.3. The number of benzene rings is 1. The average Bonchev–Trinajstić information content (AvgIpc) is 2.71. The molecule has 1 aromatic heterocycles. The Hall–Kier alpha value is -1.62. The summed E-state index contributed by atoms with van der Waals surface area (Å²) in [5.74, 6) is 0.116. The number of piperidine rings is 1. The second kappa shape index (κ2) is 4.49. The molecule has 102 valence electrons. The number of hydrogen-bond acceptors (Lipinski definition) is 3. The minimum absolute atomic E-state index is 0.302. The fourth-order valence-electron chi connectivity index (χ4n) is 2.98. The molecule has 4 nitrogen and oxygen atoms in total. The van der Waals surface area contributed by atoms with E-state index in [-0.39, 0.29) is 5.82 Å². The fraction of sp³-hybridized carbons (Fsp3) is 0.500. The Bertz CT molecular complexity index is 607. The normalized spacial score (nSPS) is 25.0. The third-order valence-electron chi connectivity index (χ3n) is 4.24. The van der Waals surface area contributed by atoms with Gasteiger partial charge in [0.1, 0.15) is 5.52 Å². The van der Waals surface area contributed by atoms with Crippen LogP contribution in [0.5, 0.6) is 0 Å². The average molecular weight is 262 g/mol. The van der Waals surface area contributed by atoms with Crippen LogP contribution in [0.4, 0.5) is 10.3 Å². The summed E-state index contributed by atoms with van der Waals surface area (Å²) in [6.45, 7) is 3.24. The van der Waals surface area contributed by atoms with Crippen molar-refractivity contribution in [2.24, 2.45) is 0 Å². The van der Waals surface area contributed by atoms with Crippen molar-refractivity contribution in [1.29, 1.82) is 0 Å². The Labute approximate surface area is 112 Å². The quantitative estimate of drug-likeness (QED) is 0.858. The van der Waals surface area contributed by atoms with Crippen LogP contribution in [0.15, 0.2) is 18.2 Å². The summed E-state index contributed by atoms with van der Waals surface area (Å²) in [4.78, 5) is 6.52. The second-order valence-corrected chi connectivity index (χ2v) is 5.46. The first-order valence-electron chi connectivity index (χ1n) is 6.70. The minimum atomic E-state index is -0.302. The predicted octanol–water partition coefficient (Wildman–Crippen LogP) is 2.41. The monoisotopic (exact) mass is 262 g/mol. The van der Waals surface area contributed by atoms with Crippen molar-refractivity contribution in [2.45, 2.75) is 31.8 Å². The lowest BCUT2D eigenvalue weighted by Gasteiger charge is -2.36. The summed E-state index contributed by atoms with van der Waals surface area (Å²) in [6.07, 6.45) is 2.04. The number of rotatable bonds is 1. The molecule has 0 bridgehead atoms. The molecule has 1 aromatic carbocycles. The number of likely N-dealkylation sites (tertiary alicyclic amines) is 1. The Morgan fingerprint density at radius 1 is 1.42 bits per heavy atom. The Morgan fingerprint density at radius 2 is 2.21 bits per heavy atom. The van der Waals surface area contributed by atoms with Crippen LogP contribution < -0.4 is 5.73 Å². The van der Waals surface area contributed by atoms with Gasteiger partial charge >= 0.3 is 0 Å². The summed E-state index contributed by atoms with van der Waals surface area (Å²) >= 11 is 0. The number of nitrogens with zero attached hydrogens (tertiary/aromatic N) is 3. The first kappa shape index (κ1) is 12.4. The number of para-hydroxylation sites is 1. The highest BCUT2D eigenvalue weighted by Gasteiger charge is 2.27. The van der Waals surface area contributed by atoms with Gasteiger partial charge in [0.15, 0.2) is 5.82 Å². The first-order chi connectivity index (χ1) is 9.08. The fourth-order valence-corrected chi connectivity index (χ4v) is 2.98. The second-order valence-electron chi connectivity index (χ2n) is 5.46. The smallest absolute Gasteiger partial charge is 0.201 e. The van der Waals surface area contributed by atoms with E-state index in [0.29, 0.717) is 23.5 Å². The van der Waals surface area contributed by atoms with Crippen molar-refractivity contribution < 1.29 is 4.39 Å². The third-order valence-corrected chi connectivity index (χ3v) is 4.24. The van der Waals surface area contributed by atoms with Crippen molar-refractivity contribution in [2.75, 3.05) is 19.3 Å². The molecule has 3 rings (SSSR count). The lowest BCUT2D eigenvalue weighted by Crippen LogP contribution is -2.38. The maximum absolute atomic E-state index is 13.7.